The molecule has 1 atom stereocenters. The maximum Gasteiger partial charge on any atom is 0.222 e. The zero-order valence-corrected chi connectivity index (χ0v) is 19.7. The topological polar surface area (TPSA) is 36.0 Å². The van der Waals surface area contributed by atoms with Crippen molar-refractivity contribution in [1.82, 2.24) is 9.80 Å². The highest BCUT2D eigenvalue weighted by molar-refractivity contribution is 5.76. The summed E-state index contributed by atoms with van der Waals surface area (Å²) in [5.74, 6) is 0.290. The van der Waals surface area contributed by atoms with Crippen molar-refractivity contribution in [3.8, 4) is 0 Å². The number of nitrogens with zero attached hydrogens (tertiary/aromatic N) is 3. The van der Waals surface area contributed by atoms with Crippen LogP contribution in [0, 0.1) is 0 Å². The third-order valence-corrected chi connectivity index (χ3v) is 7.92. The van der Waals surface area contributed by atoms with Gasteiger partial charge >= 0.3 is 0 Å². The van der Waals surface area contributed by atoms with Crippen molar-refractivity contribution in [3.63, 3.8) is 0 Å². The van der Waals surface area contributed by atoms with E-state index in [1.807, 2.05) is 18.2 Å². The first-order valence-electron chi connectivity index (χ1n) is 12.7. The second-order valence-corrected chi connectivity index (χ2v) is 9.90. The fourth-order valence-electron chi connectivity index (χ4n) is 5.86. The van der Waals surface area contributed by atoms with E-state index < -0.39 is 0 Å². The largest absolute Gasteiger partial charge is 0.375 e. The van der Waals surface area contributed by atoms with Gasteiger partial charge in [-0.1, -0.05) is 48.5 Å². The molecule has 0 aromatic heterocycles. The minimum absolute atomic E-state index is 0.0321. The Kier molecular flexibility index (Phi) is 6.98. The molecule has 0 radical (unpaired) electrons. The van der Waals surface area contributed by atoms with E-state index in [4.69, 9.17) is 4.74 Å². The van der Waals surface area contributed by atoms with Gasteiger partial charge in [0, 0.05) is 64.0 Å². The molecule has 33 heavy (non-hydrogen) atoms. The quantitative estimate of drug-likeness (QED) is 0.695. The van der Waals surface area contributed by atoms with E-state index in [1.165, 1.54) is 11.3 Å². The lowest BCUT2D eigenvalue weighted by molar-refractivity contribution is -0.149. The Bertz CT molecular complexity index is 888. The van der Waals surface area contributed by atoms with Gasteiger partial charge in [-0.3, -0.25) is 9.69 Å². The minimum Gasteiger partial charge on any atom is -0.375 e. The van der Waals surface area contributed by atoms with Crippen LogP contribution < -0.4 is 4.90 Å². The summed E-state index contributed by atoms with van der Waals surface area (Å²) in [7, 11) is 0. The Morgan fingerprint density at radius 1 is 0.879 bits per heavy atom. The van der Waals surface area contributed by atoms with Crippen LogP contribution in [0.25, 0.3) is 0 Å². The summed E-state index contributed by atoms with van der Waals surface area (Å²) in [6.07, 6.45) is 5.63. The molecule has 3 heterocycles. The lowest BCUT2D eigenvalue weighted by Gasteiger charge is -2.50. The zero-order chi connectivity index (χ0) is 22.5. The van der Waals surface area contributed by atoms with Crippen molar-refractivity contribution in [2.75, 3.05) is 50.8 Å². The number of piperazine rings is 1. The molecule has 2 aromatic rings. The zero-order valence-electron chi connectivity index (χ0n) is 19.7. The number of hydrogen-bond acceptors (Lipinski definition) is 4. The molecule has 5 rings (SSSR count). The van der Waals surface area contributed by atoms with Gasteiger partial charge in [0.1, 0.15) is 0 Å². The summed E-state index contributed by atoms with van der Waals surface area (Å²) >= 11 is 0. The number of anilines is 1. The molecule has 2 aromatic carbocycles. The Balaban J connectivity index is 1.10. The van der Waals surface area contributed by atoms with Crippen molar-refractivity contribution in [2.24, 2.45) is 0 Å². The Morgan fingerprint density at radius 2 is 1.55 bits per heavy atom. The van der Waals surface area contributed by atoms with Gasteiger partial charge in [0.15, 0.2) is 0 Å². The third-order valence-electron chi connectivity index (χ3n) is 7.92. The molecule has 0 unspecified atom stereocenters. The summed E-state index contributed by atoms with van der Waals surface area (Å²) < 4.78 is 6.40. The van der Waals surface area contributed by atoms with Crippen LogP contribution in [-0.4, -0.2) is 73.2 Å². The second kappa shape index (κ2) is 10.3. The highest BCUT2D eigenvalue weighted by Crippen LogP contribution is 2.37. The van der Waals surface area contributed by atoms with E-state index in [2.05, 4.69) is 57.2 Å². The van der Waals surface area contributed by atoms with Gasteiger partial charge in [-0.05, 0) is 49.8 Å². The van der Waals surface area contributed by atoms with Crippen LogP contribution in [-0.2, 0) is 16.0 Å². The molecule has 3 saturated heterocycles. The molecule has 1 spiro atoms. The first-order valence-corrected chi connectivity index (χ1v) is 12.7. The molecular weight excluding hydrogens is 410 g/mol. The standard InChI is InChI=1S/C28H37N3O2/c32-27(12-11-24-7-3-1-4-8-24)31-16-14-28(15-17-31)23-26(13-22-33-28)30-20-18-29(19-21-30)25-9-5-2-6-10-25/h1-10,26H,11-23H2/t26-/m1/s1. The predicted molar refractivity (Wildman–Crippen MR) is 133 cm³/mol. The van der Waals surface area contributed by atoms with E-state index >= 15 is 0 Å². The molecular formula is C28H37N3O2. The molecule has 0 saturated carbocycles. The molecule has 0 N–H and O–H groups in total. The van der Waals surface area contributed by atoms with Crippen LogP contribution >= 0.6 is 0 Å². The first-order chi connectivity index (χ1) is 16.2. The van der Waals surface area contributed by atoms with E-state index in [0.29, 0.717) is 12.5 Å². The minimum atomic E-state index is -0.0321. The fraction of sp³-hybridized carbons (Fsp3) is 0.536. The van der Waals surface area contributed by atoms with E-state index in [0.717, 1.165) is 78.0 Å². The van der Waals surface area contributed by atoms with Crippen LogP contribution in [0.2, 0.25) is 0 Å². The number of piperidine rings is 1. The van der Waals surface area contributed by atoms with Crippen molar-refractivity contribution in [3.05, 3.63) is 66.2 Å². The Hall–Kier alpha value is -2.37. The van der Waals surface area contributed by atoms with Crippen LogP contribution in [0.3, 0.4) is 0 Å². The third kappa shape index (κ3) is 5.42. The summed E-state index contributed by atoms with van der Waals surface area (Å²) in [4.78, 5) is 20.0. The average molecular weight is 448 g/mol. The van der Waals surface area contributed by atoms with E-state index in [1.54, 1.807) is 0 Å². The van der Waals surface area contributed by atoms with E-state index in [-0.39, 0.29) is 11.5 Å². The van der Waals surface area contributed by atoms with Gasteiger partial charge in [0.05, 0.1) is 5.60 Å². The highest BCUT2D eigenvalue weighted by atomic mass is 16.5. The van der Waals surface area contributed by atoms with Crippen LogP contribution in [0.1, 0.15) is 37.7 Å². The van der Waals surface area contributed by atoms with Gasteiger partial charge in [-0.25, -0.2) is 0 Å². The molecule has 1 amide bonds. The predicted octanol–water partition coefficient (Wildman–Crippen LogP) is 3.98. The first kappa shape index (κ1) is 22.4. The summed E-state index contributed by atoms with van der Waals surface area (Å²) in [6, 6.07) is 21.7. The van der Waals surface area contributed by atoms with Crippen molar-refractivity contribution < 1.29 is 9.53 Å². The van der Waals surface area contributed by atoms with Crippen LogP contribution in [0.4, 0.5) is 5.69 Å². The van der Waals surface area contributed by atoms with Gasteiger partial charge in [0.2, 0.25) is 5.91 Å². The normalized spacial score (nSPS) is 23.6. The Labute approximate surface area is 198 Å². The molecule has 0 aliphatic carbocycles. The summed E-state index contributed by atoms with van der Waals surface area (Å²) in [5.41, 5.74) is 2.55. The number of carbonyl (C=O) groups excluding carboxylic acids is 1. The average Bonchev–Trinajstić information content (AvgIpc) is 2.89. The number of carbonyl (C=O) groups is 1. The number of ether oxygens (including phenoxy) is 1. The van der Waals surface area contributed by atoms with Gasteiger partial charge in [-0.2, -0.15) is 0 Å². The molecule has 0 bridgehead atoms. The number of likely N-dealkylation sites (tertiary alicyclic amines) is 1. The number of rotatable bonds is 5. The maximum absolute atomic E-state index is 12.8. The molecule has 176 valence electrons. The van der Waals surface area contributed by atoms with Crippen LogP contribution in [0.5, 0.6) is 0 Å². The van der Waals surface area contributed by atoms with Crippen molar-refractivity contribution >= 4 is 11.6 Å². The molecule has 3 fully saturated rings. The maximum atomic E-state index is 12.8. The lowest BCUT2D eigenvalue weighted by Crippen LogP contribution is -2.57. The lowest BCUT2D eigenvalue weighted by atomic mass is 9.81. The SMILES string of the molecule is O=C(CCc1ccccc1)N1CCC2(CC1)C[C@H](N1CCN(c3ccccc3)CC1)CCO2. The Morgan fingerprint density at radius 3 is 2.24 bits per heavy atom. The number of amides is 1. The highest BCUT2D eigenvalue weighted by Gasteiger charge is 2.42. The van der Waals surface area contributed by atoms with Crippen molar-refractivity contribution in [1.29, 1.82) is 0 Å². The monoisotopic (exact) mass is 447 g/mol. The summed E-state index contributed by atoms with van der Waals surface area (Å²) in [6.45, 7) is 6.96. The number of aryl methyl sites for hydroxylation is 1. The van der Waals surface area contributed by atoms with Crippen LogP contribution in [0.15, 0.2) is 60.7 Å². The number of para-hydroxylation sites is 1. The van der Waals surface area contributed by atoms with Gasteiger partial charge < -0.3 is 14.5 Å². The molecule has 3 aliphatic rings. The second-order valence-electron chi connectivity index (χ2n) is 9.90. The molecule has 5 heteroatoms. The smallest absolute Gasteiger partial charge is 0.222 e. The number of benzene rings is 2. The van der Waals surface area contributed by atoms with E-state index in [9.17, 15) is 4.79 Å². The molecule has 5 nitrogen and oxygen atoms in total. The van der Waals surface area contributed by atoms with Gasteiger partial charge in [0.25, 0.3) is 0 Å². The van der Waals surface area contributed by atoms with Crippen molar-refractivity contribution in [2.45, 2.75) is 50.2 Å². The fourth-order valence-corrected chi connectivity index (χ4v) is 5.86. The van der Waals surface area contributed by atoms with Gasteiger partial charge in [-0.15, -0.1) is 0 Å². The molecule has 3 aliphatic heterocycles. The summed E-state index contributed by atoms with van der Waals surface area (Å²) in [5, 5.41) is 0. The number of hydrogen-bond donors (Lipinski definition) is 0.